The van der Waals surface area contributed by atoms with Gasteiger partial charge in [0.2, 0.25) is 0 Å². The minimum Gasteiger partial charge on any atom is -0.385 e. The van der Waals surface area contributed by atoms with Crippen LogP contribution in [0.3, 0.4) is 0 Å². The second-order valence-electron chi connectivity index (χ2n) is 3.78. The second-order valence-corrected chi connectivity index (χ2v) is 3.78. The molecule has 0 saturated carbocycles. The third-order valence-electron chi connectivity index (χ3n) is 2.53. The van der Waals surface area contributed by atoms with Crippen molar-refractivity contribution in [3.05, 3.63) is 11.3 Å². The van der Waals surface area contributed by atoms with Crippen LogP contribution in [0.5, 0.6) is 0 Å². The van der Waals surface area contributed by atoms with Crippen LogP contribution in [0, 0.1) is 0 Å². The number of hydrogen-bond donors (Lipinski definition) is 2. The Hall–Kier alpha value is -1.56. The Morgan fingerprint density at radius 3 is 2.76 bits per heavy atom. The van der Waals surface area contributed by atoms with E-state index in [9.17, 15) is 0 Å². The standard InChI is InChI=1S/C11H20N4O2/c1-4-8(2)9(13-6-5-7-16-3)10-11(12)15-17-14-10/h13H,4-7H2,1-3H3,(H2,12,15)/b9-8+. The molecule has 1 aromatic rings. The third kappa shape index (κ3) is 3.74. The fourth-order valence-electron chi connectivity index (χ4n) is 1.41. The van der Waals surface area contributed by atoms with Gasteiger partial charge in [0.1, 0.15) is 0 Å². The van der Waals surface area contributed by atoms with E-state index in [1.54, 1.807) is 7.11 Å². The molecule has 0 atom stereocenters. The quantitative estimate of drug-likeness (QED) is 0.701. The van der Waals surface area contributed by atoms with Crippen molar-refractivity contribution in [3.63, 3.8) is 0 Å². The number of nitrogens with one attached hydrogen (secondary N) is 1. The van der Waals surface area contributed by atoms with Crippen molar-refractivity contribution in [3.8, 4) is 0 Å². The molecular formula is C11H20N4O2. The maximum absolute atomic E-state index is 5.70. The van der Waals surface area contributed by atoms with Gasteiger partial charge in [-0.3, -0.25) is 0 Å². The summed E-state index contributed by atoms with van der Waals surface area (Å²) >= 11 is 0. The number of hydrogen-bond acceptors (Lipinski definition) is 6. The summed E-state index contributed by atoms with van der Waals surface area (Å²) < 4.78 is 9.62. The predicted molar refractivity (Wildman–Crippen MR) is 66.1 cm³/mol. The number of rotatable bonds is 7. The average Bonchev–Trinajstić information content (AvgIpc) is 2.75. The third-order valence-corrected chi connectivity index (χ3v) is 2.53. The van der Waals surface area contributed by atoms with Crippen LogP contribution in [0.1, 0.15) is 32.4 Å². The zero-order valence-corrected chi connectivity index (χ0v) is 10.6. The summed E-state index contributed by atoms with van der Waals surface area (Å²) in [5.74, 6) is 0.312. The van der Waals surface area contributed by atoms with Crippen molar-refractivity contribution in [2.24, 2.45) is 0 Å². The van der Waals surface area contributed by atoms with E-state index in [4.69, 9.17) is 10.5 Å². The van der Waals surface area contributed by atoms with Crippen molar-refractivity contribution in [1.82, 2.24) is 15.6 Å². The Bertz CT molecular complexity index is 373. The fourth-order valence-corrected chi connectivity index (χ4v) is 1.41. The SMILES string of the molecule is CC/C(C)=C(/NCCCOC)c1nonc1N. The van der Waals surface area contributed by atoms with Gasteiger partial charge in [0.15, 0.2) is 11.5 Å². The molecule has 0 unspecified atom stereocenters. The average molecular weight is 240 g/mol. The lowest BCUT2D eigenvalue weighted by Gasteiger charge is -2.11. The lowest BCUT2D eigenvalue weighted by Crippen LogP contribution is -2.17. The summed E-state index contributed by atoms with van der Waals surface area (Å²) in [5, 5.41) is 10.7. The Kier molecular flexibility index (Phi) is 5.48. The number of nitrogens with two attached hydrogens (primary N) is 1. The monoisotopic (exact) mass is 240 g/mol. The number of aromatic nitrogens is 2. The largest absolute Gasteiger partial charge is 0.385 e. The van der Waals surface area contributed by atoms with E-state index in [0.29, 0.717) is 11.5 Å². The maximum atomic E-state index is 5.70. The molecule has 0 saturated heterocycles. The maximum Gasteiger partial charge on any atom is 0.197 e. The van der Waals surface area contributed by atoms with Crippen LogP contribution in [0.25, 0.3) is 5.70 Å². The lowest BCUT2D eigenvalue weighted by molar-refractivity contribution is 0.195. The van der Waals surface area contributed by atoms with Gasteiger partial charge in [0.25, 0.3) is 0 Å². The molecule has 0 spiro atoms. The van der Waals surface area contributed by atoms with E-state index >= 15 is 0 Å². The van der Waals surface area contributed by atoms with Crippen molar-refractivity contribution < 1.29 is 9.37 Å². The molecule has 6 heteroatoms. The molecule has 0 radical (unpaired) electrons. The summed E-state index contributed by atoms with van der Waals surface area (Å²) in [6, 6.07) is 0. The number of nitrogens with zero attached hydrogens (tertiary/aromatic N) is 2. The molecule has 96 valence electrons. The smallest absolute Gasteiger partial charge is 0.197 e. The molecule has 1 rings (SSSR count). The van der Waals surface area contributed by atoms with Gasteiger partial charge in [-0.1, -0.05) is 6.92 Å². The molecule has 0 aliphatic rings. The van der Waals surface area contributed by atoms with Crippen LogP contribution in [-0.2, 0) is 4.74 Å². The number of anilines is 1. The molecule has 0 aromatic carbocycles. The summed E-state index contributed by atoms with van der Waals surface area (Å²) in [5.41, 5.74) is 8.36. The molecule has 0 amide bonds. The van der Waals surface area contributed by atoms with Crippen LogP contribution >= 0.6 is 0 Å². The zero-order chi connectivity index (χ0) is 12.7. The molecule has 3 N–H and O–H groups in total. The molecule has 6 nitrogen and oxygen atoms in total. The van der Waals surface area contributed by atoms with Crippen molar-refractivity contribution >= 4 is 11.5 Å². The summed E-state index contributed by atoms with van der Waals surface area (Å²) in [4.78, 5) is 0. The first-order valence-electron chi connectivity index (χ1n) is 5.71. The highest BCUT2D eigenvalue weighted by molar-refractivity contribution is 5.70. The Labute approximate surface area is 101 Å². The summed E-state index contributed by atoms with van der Waals surface area (Å²) in [6.45, 7) is 5.63. The molecule has 1 heterocycles. The van der Waals surface area contributed by atoms with Gasteiger partial charge in [-0.15, -0.1) is 0 Å². The minimum atomic E-state index is 0.312. The van der Waals surface area contributed by atoms with E-state index in [1.165, 1.54) is 5.57 Å². The summed E-state index contributed by atoms with van der Waals surface area (Å²) in [6.07, 6.45) is 1.83. The first kappa shape index (κ1) is 13.5. The Morgan fingerprint density at radius 1 is 1.47 bits per heavy atom. The molecule has 1 aromatic heterocycles. The van der Waals surface area contributed by atoms with Crippen molar-refractivity contribution in [2.75, 3.05) is 26.0 Å². The van der Waals surface area contributed by atoms with Crippen molar-refractivity contribution in [1.29, 1.82) is 0 Å². The minimum absolute atomic E-state index is 0.312. The molecule has 0 fully saturated rings. The van der Waals surface area contributed by atoms with Crippen LogP contribution in [0.2, 0.25) is 0 Å². The Balaban J connectivity index is 2.73. The number of nitrogen functional groups attached to an aromatic ring is 1. The first-order chi connectivity index (χ1) is 8.20. The highest BCUT2D eigenvalue weighted by Crippen LogP contribution is 2.20. The highest BCUT2D eigenvalue weighted by Gasteiger charge is 2.13. The van der Waals surface area contributed by atoms with E-state index in [2.05, 4.69) is 27.2 Å². The number of ether oxygens (including phenoxy) is 1. The predicted octanol–water partition coefficient (Wildman–Crippen LogP) is 1.42. The molecular weight excluding hydrogens is 220 g/mol. The molecule has 0 bridgehead atoms. The van der Waals surface area contributed by atoms with Gasteiger partial charge >= 0.3 is 0 Å². The fraction of sp³-hybridized carbons (Fsp3) is 0.636. The van der Waals surface area contributed by atoms with Gasteiger partial charge in [-0.2, -0.15) is 0 Å². The van der Waals surface area contributed by atoms with Crippen LogP contribution < -0.4 is 11.1 Å². The van der Waals surface area contributed by atoms with Crippen molar-refractivity contribution in [2.45, 2.75) is 26.7 Å². The second kappa shape index (κ2) is 6.90. The van der Waals surface area contributed by atoms with Gasteiger partial charge in [-0.05, 0) is 35.7 Å². The lowest BCUT2D eigenvalue weighted by atomic mass is 10.1. The van der Waals surface area contributed by atoms with Gasteiger partial charge in [0.05, 0.1) is 5.70 Å². The van der Waals surface area contributed by atoms with Crippen LogP contribution in [0.4, 0.5) is 5.82 Å². The molecule has 0 aliphatic carbocycles. The molecule has 17 heavy (non-hydrogen) atoms. The first-order valence-corrected chi connectivity index (χ1v) is 5.71. The van der Waals surface area contributed by atoms with Gasteiger partial charge in [0, 0.05) is 20.3 Å². The van der Waals surface area contributed by atoms with Crippen LogP contribution in [0.15, 0.2) is 10.2 Å². The van der Waals surface area contributed by atoms with E-state index in [-0.39, 0.29) is 0 Å². The topological polar surface area (TPSA) is 86.2 Å². The number of allylic oxidation sites excluding steroid dienone is 1. The number of methoxy groups -OCH3 is 1. The van der Waals surface area contributed by atoms with E-state index < -0.39 is 0 Å². The highest BCUT2D eigenvalue weighted by atomic mass is 16.6. The van der Waals surface area contributed by atoms with Gasteiger partial charge in [-0.25, -0.2) is 4.63 Å². The molecule has 0 aliphatic heterocycles. The van der Waals surface area contributed by atoms with E-state index in [1.807, 2.05) is 6.92 Å². The van der Waals surface area contributed by atoms with Crippen LogP contribution in [-0.4, -0.2) is 30.6 Å². The summed E-state index contributed by atoms with van der Waals surface area (Å²) in [7, 11) is 1.69. The normalized spacial score (nSPS) is 12.4. The Morgan fingerprint density at radius 2 is 2.24 bits per heavy atom. The van der Waals surface area contributed by atoms with E-state index in [0.717, 1.165) is 31.7 Å². The zero-order valence-electron chi connectivity index (χ0n) is 10.6. The van der Waals surface area contributed by atoms with Gasteiger partial charge < -0.3 is 15.8 Å².